The third kappa shape index (κ3) is 3.41. The van der Waals surface area contributed by atoms with Crippen molar-refractivity contribution in [3.63, 3.8) is 0 Å². The number of para-hydroxylation sites is 1. The molecule has 1 atom stereocenters. The molecule has 4 aromatic rings. The van der Waals surface area contributed by atoms with Crippen LogP contribution in [0.2, 0.25) is 0 Å². The highest BCUT2D eigenvalue weighted by molar-refractivity contribution is 6.07. The van der Waals surface area contributed by atoms with Crippen LogP contribution in [0.3, 0.4) is 0 Å². The summed E-state index contributed by atoms with van der Waals surface area (Å²) in [5, 5.41) is 11.3. The fourth-order valence-electron chi connectivity index (χ4n) is 3.68. The van der Waals surface area contributed by atoms with Crippen LogP contribution in [0.5, 0.6) is 0 Å². The van der Waals surface area contributed by atoms with Crippen LogP contribution in [-0.4, -0.2) is 20.7 Å². The van der Waals surface area contributed by atoms with Gasteiger partial charge in [-0.1, -0.05) is 48.5 Å². The number of carbonyl (C=O) groups is 1. The molecule has 0 aliphatic heterocycles. The Labute approximate surface area is 162 Å². The van der Waals surface area contributed by atoms with Crippen LogP contribution in [0, 0.1) is 0 Å². The number of H-pyrrole nitrogens is 1. The smallest absolute Gasteiger partial charge is 0.288 e. The number of benzene rings is 2. The lowest BCUT2D eigenvalue weighted by atomic mass is 10.1. The molecular weight excluding hydrogens is 352 g/mol. The lowest BCUT2D eigenvalue weighted by Gasteiger charge is -2.14. The Kier molecular flexibility index (Phi) is 4.93. The SMILES string of the molecule is C[C@@H](NC(=O)CCCn1c2ccccc2c2cn[nH]c(=O)c21)c1ccccc1. The van der Waals surface area contributed by atoms with Crippen molar-refractivity contribution in [3.8, 4) is 0 Å². The maximum atomic E-state index is 12.4. The van der Waals surface area contributed by atoms with Gasteiger partial charge in [0.1, 0.15) is 5.52 Å². The first-order valence-corrected chi connectivity index (χ1v) is 9.44. The van der Waals surface area contributed by atoms with E-state index in [1.54, 1.807) is 6.20 Å². The highest BCUT2D eigenvalue weighted by Crippen LogP contribution is 2.26. The standard InChI is InChI=1S/C22H22N4O2/c1-15(16-8-3-2-4-9-16)24-20(27)12-7-13-26-19-11-6-5-10-17(19)18-14-23-25-22(28)21(18)26/h2-6,8-11,14-15H,7,12-13H2,1H3,(H,24,27)(H,25,28)/t15-/m1/s1. The van der Waals surface area contributed by atoms with E-state index in [9.17, 15) is 9.59 Å². The molecule has 0 saturated carbocycles. The Bertz CT molecular complexity index is 1180. The number of rotatable bonds is 6. The third-order valence-corrected chi connectivity index (χ3v) is 5.05. The summed E-state index contributed by atoms with van der Waals surface area (Å²) in [5.41, 5.74) is 2.46. The summed E-state index contributed by atoms with van der Waals surface area (Å²) in [6.45, 7) is 2.57. The molecule has 0 aliphatic rings. The first-order valence-electron chi connectivity index (χ1n) is 9.44. The number of nitrogens with zero attached hydrogens (tertiary/aromatic N) is 2. The van der Waals surface area contributed by atoms with Gasteiger partial charge in [-0.2, -0.15) is 5.10 Å². The lowest BCUT2D eigenvalue weighted by molar-refractivity contribution is -0.121. The van der Waals surface area contributed by atoms with Crippen LogP contribution < -0.4 is 10.9 Å². The number of amides is 1. The van der Waals surface area contributed by atoms with Gasteiger partial charge in [0.25, 0.3) is 5.56 Å². The molecule has 0 aliphatic carbocycles. The fraction of sp³-hybridized carbons (Fsp3) is 0.227. The van der Waals surface area contributed by atoms with Crippen LogP contribution >= 0.6 is 0 Å². The minimum absolute atomic E-state index is 0.00713. The molecule has 0 saturated heterocycles. The summed E-state index contributed by atoms with van der Waals surface area (Å²) in [7, 11) is 0. The topological polar surface area (TPSA) is 79.8 Å². The molecule has 0 bridgehead atoms. The highest BCUT2D eigenvalue weighted by Gasteiger charge is 2.14. The number of aryl methyl sites for hydroxylation is 1. The molecule has 2 N–H and O–H groups in total. The monoisotopic (exact) mass is 374 g/mol. The van der Waals surface area contributed by atoms with Crippen LogP contribution in [-0.2, 0) is 11.3 Å². The second-order valence-corrected chi connectivity index (χ2v) is 6.93. The van der Waals surface area contributed by atoms with Gasteiger partial charge < -0.3 is 9.88 Å². The summed E-state index contributed by atoms with van der Waals surface area (Å²) in [6, 6.07) is 17.7. The molecular formula is C22H22N4O2. The van der Waals surface area contributed by atoms with Crippen molar-refractivity contribution in [1.29, 1.82) is 0 Å². The average Bonchev–Trinajstić information content (AvgIpc) is 3.04. The summed E-state index contributed by atoms with van der Waals surface area (Å²) in [6.07, 6.45) is 2.72. The minimum Gasteiger partial charge on any atom is -0.350 e. The molecule has 0 spiro atoms. The largest absolute Gasteiger partial charge is 0.350 e. The fourth-order valence-corrected chi connectivity index (χ4v) is 3.68. The van der Waals surface area contributed by atoms with Crippen LogP contribution in [0.15, 0.2) is 65.6 Å². The van der Waals surface area contributed by atoms with E-state index in [-0.39, 0.29) is 17.5 Å². The van der Waals surface area contributed by atoms with Gasteiger partial charge in [0.05, 0.1) is 12.2 Å². The summed E-state index contributed by atoms with van der Waals surface area (Å²) >= 11 is 0. The number of aromatic nitrogens is 3. The molecule has 2 aromatic carbocycles. The molecule has 6 heteroatoms. The molecule has 4 rings (SSSR count). The predicted molar refractivity (Wildman–Crippen MR) is 110 cm³/mol. The van der Waals surface area contributed by atoms with E-state index >= 15 is 0 Å². The van der Waals surface area contributed by atoms with Crippen molar-refractivity contribution in [1.82, 2.24) is 20.1 Å². The summed E-state index contributed by atoms with van der Waals surface area (Å²) in [5.74, 6) is 0.00713. The quantitative estimate of drug-likeness (QED) is 0.542. The van der Waals surface area contributed by atoms with Crippen LogP contribution in [0.4, 0.5) is 0 Å². The van der Waals surface area contributed by atoms with E-state index in [0.717, 1.165) is 21.9 Å². The molecule has 28 heavy (non-hydrogen) atoms. The molecule has 0 fully saturated rings. The van der Waals surface area contributed by atoms with Gasteiger partial charge in [-0.3, -0.25) is 9.59 Å². The number of aromatic amines is 1. The first-order chi connectivity index (χ1) is 13.6. The number of carbonyl (C=O) groups excluding carboxylic acids is 1. The van der Waals surface area contributed by atoms with Gasteiger partial charge in [0.15, 0.2) is 0 Å². The number of fused-ring (bicyclic) bond motifs is 3. The molecule has 1 amide bonds. The summed E-state index contributed by atoms with van der Waals surface area (Å²) in [4.78, 5) is 24.7. The minimum atomic E-state index is -0.212. The first kappa shape index (κ1) is 18.0. The van der Waals surface area contributed by atoms with E-state index in [4.69, 9.17) is 0 Å². The van der Waals surface area contributed by atoms with Gasteiger partial charge in [0.2, 0.25) is 5.91 Å². The Morgan fingerprint density at radius 1 is 1.11 bits per heavy atom. The summed E-state index contributed by atoms with van der Waals surface area (Å²) < 4.78 is 1.99. The predicted octanol–water partition coefficient (Wildman–Crippen LogP) is 3.54. The van der Waals surface area contributed by atoms with Gasteiger partial charge >= 0.3 is 0 Å². The van der Waals surface area contributed by atoms with Crippen LogP contribution in [0.1, 0.15) is 31.4 Å². The lowest BCUT2D eigenvalue weighted by Crippen LogP contribution is -2.26. The Balaban J connectivity index is 1.48. The zero-order chi connectivity index (χ0) is 19.5. The highest BCUT2D eigenvalue weighted by atomic mass is 16.1. The van der Waals surface area contributed by atoms with Crippen molar-refractivity contribution >= 4 is 27.7 Å². The van der Waals surface area contributed by atoms with Crippen molar-refractivity contribution in [2.75, 3.05) is 0 Å². The van der Waals surface area contributed by atoms with E-state index in [0.29, 0.717) is 24.9 Å². The van der Waals surface area contributed by atoms with Crippen molar-refractivity contribution < 1.29 is 4.79 Å². The third-order valence-electron chi connectivity index (χ3n) is 5.05. The van der Waals surface area contributed by atoms with Crippen LogP contribution in [0.25, 0.3) is 21.8 Å². The normalized spacial score (nSPS) is 12.3. The van der Waals surface area contributed by atoms with Crippen molar-refractivity contribution in [2.45, 2.75) is 32.4 Å². The molecule has 2 aromatic heterocycles. The van der Waals surface area contributed by atoms with Gasteiger partial charge in [-0.25, -0.2) is 5.10 Å². The van der Waals surface area contributed by atoms with Crippen molar-refractivity contribution in [3.05, 3.63) is 76.7 Å². The number of hydrogen-bond acceptors (Lipinski definition) is 3. The zero-order valence-corrected chi connectivity index (χ0v) is 15.7. The maximum Gasteiger partial charge on any atom is 0.288 e. The second-order valence-electron chi connectivity index (χ2n) is 6.93. The van der Waals surface area contributed by atoms with Gasteiger partial charge in [-0.15, -0.1) is 0 Å². The van der Waals surface area contributed by atoms with E-state index < -0.39 is 0 Å². The van der Waals surface area contributed by atoms with Gasteiger partial charge in [0, 0.05) is 29.3 Å². The molecule has 6 nitrogen and oxygen atoms in total. The average molecular weight is 374 g/mol. The number of nitrogens with one attached hydrogen (secondary N) is 2. The Hall–Kier alpha value is -3.41. The van der Waals surface area contributed by atoms with Crippen molar-refractivity contribution in [2.24, 2.45) is 0 Å². The van der Waals surface area contributed by atoms with Gasteiger partial charge in [-0.05, 0) is 25.0 Å². The maximum absolute atomic E-state index is 12.4. The molecule has 0 radical (unpaired) electrons. The molecule has 142 valence electrons. The Morgan fingerprint density at radius 2 is 1.86 bits per heavy atom. The van der Waals surface area contributed by atoms with E-state index in [1.807, 2.05) is 66.1 Å². The van der Waals surface area contributed by atoms with E-state index in [2.05, 4.69) is 15.5 Å². The zero-order valence-electron chi connectivity index (χ0n) is 15.7. The van der Waals surface area contributed by atoms with E-state index in [1.165, 1.54) is 0 Å². The molecule has 2 heterocycles. The second kappa shape index (κ2) is 7.68. The number of hydrogen-bond donors (Lipinski definition) is 2. The Morgan fingerprint density at radius 3 is 2.68 bits per heavy atom. The molecule has 0 unspecified atom stereocenters.